The van der Waals surface area contributed by atoms with E-state index in [1.165, 1.54) is 0 Å². The minimum absolute atomic E-state index is 0.0310. The van der Waals surface area contributed by atoms with Crippen molar-refractivity contribution < 1.29 is 17.9 Å². The van der Waals surface area contributed by atoms with Gasteiger partial charge in [-0.15, -0.1) is 0 Å². The van der Waals surface area contributed by atoms with Gasteiger partial charge in [-0.25, -0.2) is 8.42 Å². The van der Waals surface area contributed by atoms with Gasteiger partial charge in [0.1, 0.15) is 12.0 Å². The van der Waals surface area contributed by atoms with Crippen LogP contribution in [0.2, 0.25) is 0 Å². The van der Waals surface area contributed by atoms with Gasteiger partial charge in [0.05, 0.1) is 29.3 Å². The molecule has 0 spiro atoms. The summed E-state index contributed by atoms with van der Waals surface area (Å²) in [5.41, 5.74) is 2.91. The predicted molar refractivity (Wildman–Crippen MR) is 123 cm³/mol. The second-order valence-electron chi connectivity index (χ2n) is 8.57. The van der Waals surface area contributed by atoms with Crippen LogP contribution in [-0.4, -0.2) is 47.8 Å². The fourth-order valence-electron chi connectivity index (χ4n) is 4.45. The van der Waals surface area contributed by atoms with E-state index in [0.717, 1.165) is 41.2 Å². The number of aldehydes is 1. The zero-order valence-electron chi connectivity index (χ0n) is 18.7. The molecule has 3 aromatic rings. The zero-order valence-corrected chi connectivity index (χ0v) is 19.5. The highest BCUT2D eigenvalue weighted by atomic mass is 32.2. The van der Waals surface area contributed by atoms with Crippen molar-refractivity contribution >= 4 is 27.2 Å². The molecule has 1 fully saturated rings. The Bertz CT molecular complexity index is 1230. The van der Waals surface area contributed by atoms with E-state index in [-0.39, 0.29) is 18.6 Å². The Morgan fingerprint density at radius 3 is 2.62 bits per heavy atom. The predicted octanol–water partition coefficient (Wildman–Crippen LogP) is 3.90. The number of aromatic nitrogens is 2. The van der Waals surface area contributed by atoms with Crippen LogP contribution in [0.5, 0.6) is 5.75 Å². The van der Waals surface area contributed by atoms with Gasteiger partial charge in [-0.2, -0.15) is 4.31 Å². The lowest BCUT2D eigenvalue weighted by molar-refractivity contribution is -0.108. The summed E-state index contributed by atoms with van der Waals surface area (Å²) in [5.74, 6) is 0.946. The molecular weight excluding hydrogens is 426 g/mol. The van der Waals surface area contributed by atoms with Crippen LogP contribution in [0.25, 0.3) is 10.9 Å². The van der Waals surface area contributed by atoms with Gasteiger partial charge in [-0.05, 0) is 74.9 Å². The molecule has 8 heteroatoms. The average molecular weight is 456 g/mol. The molecule has 1 aromatic carbocycles. The maximum atomic E-state index is 13.3. The molecule has 0 radical (unpaired) electrons. The van der Waals surface area contributed by atoms with Crippen LogP contribution in [0.1, 0.15) is 43.7 Å². The Morgan fingerprint density at radius 1 is 1.22 bits per heavy atom. The number of hydrogen-bond acceptors (Lipinski definition) is 5. The molecule has 7 nitrogen and oxygen atoms in total. The van der Waals surface area contributed by atoms with Gasteiger partial charge >= 0.3 is 0 Å². The van der Waals surface area contributed by atoms with E-state index in [1.54, 1.807) is 34.9 Å². The number of piperidine rings is 1. The van der Waals surface area contributed by atoms with Crippen LogP contribution >= 0.6 is 0 Å². The quantitative estimate of drug-likeness (QED) is 0.505. The number of sulfonamides is 1. The number of hydrogen-bond donors (Lipinski definition) is 0. The summed E-state index contributed by atoms with van der Waals surface area (Å²) >= 11 is 0. The van der Waals surface area contributed by atoms with Crippen molar-refractivity contribution in [2.45, 2.75) is 57.1 Å². The normalized spacial score (nSPS) is 16.0. The zero-order chi connectivity index (χ0) is 22.9. The molecule has 170 valence electrons. The number of rotatable bonds is 7. The third-order valence-electron chi connectivity index (χ3n) is 6.03. The molecule has 32 heavy (non-hydrogen) atoms. The Balaban J connectivity index is 1.52. The third kappa shape index (κ3) is 4.29. The molecule has 4 rings (SSSR count). The van der Waals surface area contributed by atoms with E-state index in [0.29, 0.717) is 23.7 Å². The van der Waals surface area contributed by atoms with Gasteiger partial charge in [0, 0.05) is 30.9 Å². The summed E-state index contributed by atoms with van der Waals surface area (Å²) in [6.07, 6.45) is 7.92. The van der Waals surface area contributed by atoms with Crippen molar-refractivity contribution in [3.63, 3.8) is 0 Å². The van der Waals surface area contributed by atoms with Crippen molar-refractivity contribution in [2.24, 2.45) is 0 Å². The standard InChI is InChI=1S/C24H29N3O4S/c1-17(2)31-24-5-4-20(14-18(24)3)32(29,30)27-10-7-19(8-11-27)22-16-26(12-13-28)23-15-25-9-6-21(22)23/h4-6,9,13-17,19H,7-8,10-12H2,1-3H3. The summed E-state index contributed by atoms with van der Waals surface area (Å²) in [5, 5.41) is 1.08. The summed E-state index contributed by atoms with van der Waals surface area (Å²) in [7, 11) is -3.57. The van der Waals surface area contributed by atoms with E-state index in [9.17, 15) is 13.2 Å². The lowest BCUT2D eigenvalue weighted by Gasteiger charge is -2.31. The molecule has 1 aliphatic heterocycles. The third-order valence-corrected chi connectivity index (χ3v) is 7.92. The van der Waals surface area contributed by atoms with Crippen molar-refractivity contribution in [3.8, 4) is 5.75 Å². The van der Waals surface area contributed by atoms with Crippen LogP contribution in [0.4, 0.5) is 0 Å². The van der Waals surface area contributed by atoms with Crippen molar-refractivity contribution in [2.75, 3.05) is 13.1 Å². The van der Waals surface area contributed by atoms with Gasteiger partial charge in [0.2, 0.25) is 10.0 Å². The first-order valence-electron chi connectivity index (χ1n) is 10.9. The number of benzene rings is 1. The molecule has 0 N–H and O–H groups in total. The Hall–Kier alpha value is -2.71. The second-order valence-corrected chi connectivity index (χ2v) is 10.5. The molecule has 3 heterocycles. The Morgan fingerprint density at radius 2 is 1.97 bits per heavy atom. The fraction of sp³-hybridized carbons (Fsp3) is 0.417. The molecule has 0 amide bonds. The Kier molecular flexibility index (Phi) is 6.35. The SMILES string of the molecule is Cc1cc(S(=O)(=O)N2CCC(c3cn(CC=O)c4cnccc34)CC2)ccc1OC(C)C. The molecule has 0 unspecified atom stereocenters. The summed E-state index contributed by atoms with van der Waals surface area (Å²) in [6.45, 7) is 6.96. The van der Waals surface area contributed by atoms with E-state index in [4.69, 9.17) is 4.74 Å². The van der Waals surface area contributed by atoms with Gasteiger partial charge in [0.15, 0.2) is 0 Å². The molecule has 1 aliphatic rings. The van der Waals surface area contributed by atoms with E-state index in [2.05, 4.69) is 4.98 Å². The minimum Gasteiger partial charge on any atom is -0.491 e. The summed E-state index contributed by atoms with van der Waals surface area (Å²) < 4.78 is 35.7. The molecule has 0 saturated carbocycles. The fourth-order valence-corrected chi connectivity index (χ4v) is 6.00. The lowest BCUT2D eigenvalue weighted by atomic mass is 9.90. The largest absolute Gasteiger partial charge is 0.491 e. The molecule has 0 bridgehead atoms. The summed E-state index contributed by atoms with van der Waals surface area (Å²) in [6, 6.07) is 7.04. The van der Waals surface area contributed by atoms with Crippen molar-refractivity contribution in [1.29, 1.82) is 0 Å². The number of pyridine rings is 1. The van der Waals surface area contributed by atoms with E-state index < -0.39 is 10.0 Å². The average Bonchev–Trinajstić information content (AvgIpc) is 3.14. The van der Waals surface area contributed by atoms with E-state index >= 15 is 0 Å². The summed E-state index contributed by atoms with van der Waals surface area (Å²) in [4.78, 5) is 15.6. The van der Waals surface area contributed by atoms with E-state index in [1.807, 2.05) is 37.6 Å². The molecule has 1 saturated heterocycles. The lowest BCUT2D eigenvalue weighted by Crippen LogP contribution is -2.37. The minimum atomic E-state index is -3.57. The second kappa shape index (κ2) is 9.03. The number of carbonyl (C=O) groups excluding carboxylic acids is 1. The molecule has 0 atom stereocenters. The molecule has 2 aromatic heterocycles. The van der Waals surface area contributed by atoms with Crippen molar-refractivity contribution in [1.82, 2.24) is 13.9 Å². The maximum absolute atomic E-state index is 13.3. The highest BCUT2D eigenvalue weighted by molar-refractivity contribution is 7.89. The maximum Gasteiger partial charge on any atom is 0.243 e. The molecule has 0 aliphatic carbocycles. The van der Waals surface area contributed by atoms with Crippen LogP contribution in [0, 0.1) is 6.92 Å². The molecular formula is C24H29N3O4S. The van der Waals surface area contributed by atoms with Gasteiger partial charge in [-0.1, -0.05) is 0 Å². The van der Waals surface area contributed by atoms with Gasteiger partial charge in [-0.3, -0.25) is 4.98 Å². The number of nitrogens with zero attached hydrogens (tertiary/aromatic N) is 3. The topological polar surface area (TPSA) is 81.5 Å². The smallest absolute Gasteiger partial charge is 0.243 e. The first kappa shape index (κ1) is 22.5. The highest BCUT2D eigenvalue weighted by Gasteiger charge is 2.31. The first-order chi connectivity index (χ1) is 15.3. The number of ether oxygens (including phenoxy) is 1. The monoisotopic (exact) mass is 455 g/mol. The van der Waals surface area contributed by atoms with Crippen LogP contribution in [0.3, 0.4) is 0 Å². The number of carbonyl (C=O) groups is 1. The van der Waals surface area contributed by atoms with Crippen molar-refractivity contribution in [3.05, 3.63) is 54.0 Å². The van der Waals surface area contributed by atoms with Crippen LogP contribution in [0.15, 0.2) is 47.8 Å². The van der Waals surface area contributed by atoms with Gasteiger partial charge < -0.3 is 14.1 Å². The Labute approximate surface area is 189 Å². The van der Waals surface area contributed by atoms with Crippen LogP contribution < -0.4 is 4.74 Å². The first-order valence-corrected chi connectivity index (χ1v) is 12.4. The number of aryl methyl sites for hydroxylation is 1. The van der Waals surface area contributed by atoms with Gasteiger partial charge in [0.25, 0.3) is 0 Å². The van der Waals surface area contributed by atoms with Crippen LogP contribution in [-0.2, 0) is 21.4 Å². The number of fused-ring (bicyclic) bond motifs is 1. The highest BCUT2D eigenvalue weighted by Crippen LogP contribution is 2.36.